The smallest absolute Gasteiger partial charge is 0.189 e. The molecule has 1 heterocycles. The molecule has 0 aromatic heterocycles. The number of hydrogen-bond donors (Lipinski definition) is 1. The first-order chi connectivity index (χ1) is 9.16. The molecule has 1 aliphatic heterocycles. The van der Waals surface area contributed by atoms with E-state index in [4.69, 9.17) is 24.7 Å². The fourth-order valence-electron chi connectivity index (χ4n) is 1.96. The Morgan fingerprint density at radius 1 is 1.32 bits per heavy atom. The van der Waals surface area contributed by atoms with Gasteiger partial charge in [-0.1, -0.05) is 0 Å². The number of hydrogen-bond acceptors (Lipinski definition) is 5. The highest BCUT2D eigenvalue weighted by Gasteiger charge is 2.16. The van der Waals surface area contributed by atoms with Crippen molar-refractivity contribution in [2.75, 3.05) is 25.7 Å². The molecule has 0 atom stereocenters. The topological polar surface area (TPSA) is 62.9 Å². The largest absolute Gasteiger partial charge is 0.467 e. The third-order valence-corrected chi connectivity index (χ3v) is 2.75. The third-order valence-electron chi connectivity index (χ3n) is 2.75. The zero-order valence-corrected chi connectivity index (χ0v) is 11.5. The molecule has 19 heavy (non-hydrogen) atoms. The van der Waals surface area contributed by atoms with Gasteiger partial charge in [-0.15, -0.1) is 0 Å². The van der Waals surface area contributed by atoms with E-state index in [2.05, 4.69) is 0 Å². The predicted octanol–water partition coefficient (Wildman–Crippen LogP) is 2.08. The molecule has 0 bridgehead atoms. The van der Waals surface area contributed by atoms with Gasteiger partial charge in [-0.05, 0) is 26.0 Å². The molecule has 0 amide bonds. The molecule has 0 fully saturated rings. The Morgan fingerprint density at radius 2 is 2.16 bits per heavy atom. The van der Waals surface area contributed by atoms with Crippen LogP contribution in [-0.4, -0.2) is 26.1 Å². The quantitative estimate of drug-likeness (QED) is 0.631. The standard InChI is InChI=1S/C14H21NO4/c1-10(2)18-4-3-16-7-11-5-13(15)6-12-8-17-9-19-14(11)12/h5-6,10H,3-4,7-9,15H2,1-2H3. The van der Waals surface area contributed by atoms with Crippen LogP contribution in [0.5, 0.6) is 5.75 Å². The van der Waals surface area contributed by atoms with Gasteiger partial charge in [-0.25, -0.2) is 0 Å². The van der Waals surface area contributed by atoms with Crippen LogP contribution in [0.4, 0.5) is 5.69 Å². The van der Waals surface area contributed by atoms with E-state index >= 15 is 0 Å². The van der Waals surface area contributed by atoms with E-state index in [1.807, 2.05) is 26.0 Å². The van der Waals surface area contributed by atoms with E-state index in [1.165, 1.54) is 0 Å². The van der Waals surface area contributed by atoms with Gasteiger partial charge in [0, 0.05) is 16.8 Å². The first kappa shape index (κ1) is 14.1. The summed E-state index contributed by atoms with van der Waals surface area (Å²) < 4.78 is 21.8. The Bertz CT molecular complexity index is 420. The van der Waals surface area contributed by atoms with Crippen LogP contribution in [0.1, 0.15) is 25.0 Å². The van der Waals surface area contributed by atoms with Crippen molar-refractivity contribution in [3.8, 4) is 5.75 Å². The van der Waals surface area contributed by atoms with E-state index in [0.29, 0.717) is 32.1 Å². The molecule has 0 aliphatic carbocycles. The highest BCUT2D eigenvalue weighted by molar-refractivity contribution is 5.53. The van der Waals surface area contributed by atoms with E-state index in [1.54, 1.807) is 0 Å². The maximum atomic E-state index is 5.86. The normalized spacial score (nSPS) is 14.3. The second-order valence-electron chi connectivity index (χ2n) is 4.75. The summed E-state index contributed by atoms with van der Waals surface area (Å²) in [4.78, 5) is 0. The highest BCUT2D eigenvalue weighted by Crippen LogP contribution is 2.31. The minimum Gasteiger partial charge on any atom is -0.467 e. The summed E-state index contributed by atoms with van der Waals surface area (Å²) in [6.45, 7) is 6.42. The minimum absolute atomic E-state index is 0.226. The summed E-state index contributed by atoms with van der Waals surface area (Å²) in [7, 11) is 0. The Hall–Kier alpha value is -1.30. The lowest BCUT2D eigenvalue weighted by Gasteiger charge is -2.21. The van der Waals surface area contributed by atoms with Crippen LogP contribution in [0.25, 0.3) is 0 Å². The summed E-state index contributed by atoms with van der Waals surface area (Å²) in [5.74, 6) is 0.838. The molecule has 5 nitrogen and oxygen atoms in total. The molecule has 0 radical (unpaired) electrons. The van der Waals surface area contributed by atoms with Gasteiger partial charge < -0.3 is 24.7 Å². The van der Waals surface area contributed by atoms with Crippen LogP contribution < -0.4 is 10.5 Å². The van der Waals surface area contributed by atoms with Gasteiger partial charge in [0.05, 0.1) is 32.5 Å². The Kier molecular flexibility index (Phi) is 5.01. The summed E-state index contributed by atoms with van der Waals surface area (Å²) in [6, 6.07) is 3.76. The minimum atomic E-state index is 0.226. The van der Waals surface area contributed by atoms with Gasteiger partial charge >= 0.3 is 0 Å². The average Bonchev–Trinajstić information content (AvgIpc) is 2.37. The van der Waals surface area contributed by atoms with Crippen molar-refractivity contribution in [1.82, 2.24) is 0 Å². The van der Waals surface area contributed by atoms with Crippen molar-refractivity contribution < 1.29 is 18.9 Å². The van der Waals surface area contributed by atoms with Gasteiger partial charge in [-0.3, -0.25) is 0 Å². The average molecular weight is 267 g/mol. The lowest BCUT2D eigenvalue weighted by molar-refractivity contribution is -0.0198. The molecular formula is C14H21NO4. The second kappa shape index (κ2) is 6.75. The molecule has 0 saturated heterocycles. The number of nitrogen functional groups attached to an aromatic ring is 1. The SMILES string of the molecule is CC(C)OCCOCc1cc(N)cc2c1OCOC2. The van der Waals surface area contributed by atoms with Gasteiger partial charge in [0.2, 0.25) is 0 Å². The lowest BCUT2D eigenvalue weighted by atomic mass is 10.1. The zero-order valence-electron chi connectivity index (χ0n) is 11.5. The summed E-state index contributed by atoms with van der Waals surface area (Å²) in [6.07, 6.45) is 0.226. The molecule has 0 saturated carbocycles. The number of anilines is 1. The van der Waals surface area contributed by atoms with E-state index < -0.39 is 0 Å². The fraction of sp³-hybridized carbons (Fsp3) is 0.571. The van der Waals surface area contributed by atoms with Crippen molar-refractivity contribution in [3.05, 3.63) is 23.3 Å². The van der Waals surface area contributed by atoms with E-state index in [0.717, 1.165) is 16.9 Å². The molecule has 1 aromatic rings. The van der Waals surface area contributed by atoms with Gasteiger partial charge in [0.25, 0.3) is 0 Å². The Morgan fingerprint density at radius 3 is 2.95 bits per heavy atom. The van der Waals surface area contributed by atoms with Gasteiger partial charge in [0.1, 0.15) is 5.75 Å². The molecule has 2 N–H and O–H groups in total. The Labute approximate surface area is 113 Å². The molecule has 2 rings (SSSR count). The first-order valence-electron chi connectivity index (χ1n) is 6.48. The van der Waals surface area contributed by atoms with Crippen LogP contribution in [0.2, 0.25) is 0 Å². The van der Waals surface area contributed by atoms with Crippen LogP contribution >= 0.6 is 0 Å². The van der Waals surface area contributed by atoms with Crippen LogP contribution in [-0.2, 0) is 27.4 Å². The number of ether oxygens (including phenoxy) is 4. The first-order valence-corrected chi connectivity index (χ1v) is 6.48. The number of nitrogens with two attached hydrogens (primary N) is 1. The molecular weight excluding hydrogens is 246 g/mol. The lowest BCUT2D eigenvalue weighted by Crippen LogP contribution is -2.15. The maximum Gasteiger partial charge on any atom is 0.189 e. The predicted molar refractivity (Wildman–Crippen MR) is 71.9 cm³/mol. The van der Waals surface area contributed by atoms with Gasteiger partial charge in [0.15, 0.2) is 6.79 Å². The number of rotatable bonds is 6. The van der Waals surface area contributed by atoms with Crippen molar-refractivity contribution in [2.24, 2.45) is 0 Å². The van der Waals surface area contributed by atoms with E-state index in [-0.39, 0.29) is 12.9 Å². The fourth-order valence-corrected chi connectivity index (χ4v) is 1.96. The summed E-state index contributed by atoms with van der Waals surface area (Å²) >= 11 is 0. The van der Waals surface area contributed by atoms with Crippen molar-refractivity contribution in [3.63, 3.8) is 0 Å². The monoisotopic (exact) mass is 267 g/mol. The summed E-state index contributed by atoms with van der Waals surface area (Å²) in [5, 5.41) is 0. The third kappa shape index (κ3) is 4.09. The molecule has 1 aromatic carbocycles. The molecule has 0 unspecified atom stereocenters. The molecule has 0 spiro atoms. The molecule has 5 heteroatoms. The van der Waals surface area contributed by atoms with Crippen LogP contribution in [0.3, 0.4) is 0 Å². The zero-order chi connectivity index (χ0) is 13.7. The summed E-state index contributed by atoms with van der Waals surface area (Å²) in [5.41, 5.74) is 8.50. The maximum absolute atomic E-state index is 5.86. The van der Waals surface area contributed by atoms with Crippen molar-refractivity contribution >= 4 is 5.69 Å². The van der Waals surface area contributed by atoms with Crippen molar-refractivity contribution in [2.45, 2.75) is 33.2 Å². The van der Waals surface area contributed by atoms with E-state index in [9.17, 15) is 0 Å². The number of fused-ring (bicyclic) bond motifs is 1. The highest BCUT2D eigenvalue weighted by atomic mass is 16.7. The second-order valence-corrected chi connectivity index (χ2v) is 4.75. The van der Waals surface area contributed by atoms with Crippen LogP contribution in [0.15, 0.2) is 12.1 Å². The Balaban J connectivity index is 1.90. The number of benzene rings is 1. The molecule has 1 aliphatic rings. The van der Waals surface area contributed by atoms with Crippen LogP contribution in [0, 0.1) is 0 Å². The van der Waals surface area contributed by atoms with Gasteiger partial charge in [-0.2, -0.15) is 0 Å². The molecule has 106 valence electrons. The van der Waals surface area contributed by atoms with Crippen molar-refractivity contribution in [1.29, 1.82) is 0 Å².